The van der Waals surface area contributed by atoms with Crippen molar-refractivity contribution < 1.29 is 4.79 Å². The third-order valence-corrected chi connectivity index (χ3v) is 4.19. The molecule has 4 heteroatoms. The van der Waals surface area contributed by atoms with Crippen molar-refractivity contribution in [2.75, 3.05) is 13.1 Å². The van der Waals surface area contributed by atoms with Gasteiger partial charge in [0, 0.05) is 13.1 Å². The van der Waals surface area contributed by atoms with E-state index in [4.69, 9.17) is 18.0 Å². The minimum atomic E-state index is -0.612. The highest BCUT2D eigenvalue weighted by atomic mass is 32.1. The first-order chi connectivity index (χ1) is 7.47. The van der Waals surface area contributed by atoms with Crippen molar-refractivity contribution in [3.8, 4) is 0 Å². The minimum Gasteiger partial charge on any atom is -0.392 e. The summed E-state index contributed by atoms with van der Waals surface area (Å²) in [6.07, 6.45) is 2.48. The second-order valence-electron chi connectivity index (χ2n) is 4.80. The third-order valence-electron chi connectivity index (χ3n) is 3.80. The van der Waals surface area contributed by atoms with Crippen LogP contribution in [0.5, 0.6) is 0 Å². The Hall–Kier alpha value is -0.640. The average molecular weight is 242 g/mol. The summed E-state index contributed by atoms with van der Waals surface area (Å²) in [5.41, 5.74) is 5.17. The molecule has 0 spiro atoms. The number of hydrogen-bond acceptors (Lipinski definition) is 2. The van der Waals surface area contributed by atoms with Crippen molar-refractivity contribution in [3.05, 3.63) is 0 Å². The Morgan fingerprint density at radius 2 is 2.06 bits per heavy atom. The van der Waals surface area contributed by atoms with E-state index in [2.05, 4.69) is 6.92 Å². The zero-order valence-corrected chi connectivity index (χ0v) is 11.3. The van der Waals surface area contributed by atoms with Gasteiger partial charge in [0.1, 0.15) is 0 Å². The van der Waals surface area contributed by atoms with E-state index in [-0.39, 0.29) is 5.91 Å². The van der Waals surface area contributed by atoms with Gasteiger partial charge in [0.05, 0.1) is 10.4 Å². The van der Waals surface area contributed by atoms with Crippen molar-refractivity contribution in [1.29, 1.82) is 0 Å². The molecular weight excluding hydrogens is 220 g/mol. The quantitative estimate of drug-likeness (QED) is 0.766. The molecule has 1 saturated heterocycles. The number of rotatable bonds is 4. The minimum absolute atomic E-state index is 0.134. The van der Waals surface area contributed by atoms with Crippen LogP contribution < -0.4 is 5.73 Å². The Morgan fingerprint density at radius 3 is 2.38 bits per heavy atom. The zero-order chi connectivity index (χ0) is 12.3. The summed E-state index contributed by atoms with van der Waals surface area (Å²) in [6.45, 7) is 7.85. The molecule has 2 N–H and O–H groups in total. The van der Waals surface area contributed by atoms with Crippen LogP contribution in [0.15, 0.2) is 0 Å². The predicted octanol–water partition coefficient (Wildman–Crippen LogP) is 1.95. The molecule has 16 heavy (non-hydrogen) atoms. The van der Waals surface area contributed by atoms with Crippen LogP contribution in [0.3, 0.4) is 0 Å². The van der Waals surface area contributed by atoms with E-state index in [1.807, 2.05) is 18.7 Å². The molecule has 0 aliphatic carbocycles. The molecule has 3 nitrogen and oxygen atoms in total. The summed E-state index contributed by atoms with van der Waals surface area (Å²) >= 11 is 5.10. The lowest BCUT2D eigenvalue weighted by Crippen LogP contribution is -2.49. The first-order valence-electron chi connectivity index (χ1n) is 6.07. The van der Waals surface area contributed by atoms with Crippen molar-refractivity contribution in [2.24, 2.45) is 17.1 Å². The number of hydrogen-bond donors (Lipinski definition) is 1. The van der Waals surface area contributed by atoms with Crippen molar-refractivity contribution in [2.45, 2.75) is 40.0 Å². The van der Waals surface area contributed by atoms with Crippen LogP contribution in [0.4, 0.5) is 0 Å². The maximum absolute atomic E-state index is 12.5. The second-order valence-corrected chi connectivity index (χ2v) is 5.24. The smallest absolute Gasteiger partial charge is 0.235 e. The molecule has 1 heterocycles. The van der Waals surface area contributed by atoms with Gasteiger partial charge in [0.2, 0.25) is 5.91 Å². The van der Waals surface area contributed by atoms with E-state index >= 15 is 0 Å². The molecule has 0 aromatic heterocycles. The van der Waals surface area contributed by atoms with Gasteiger partial charge < -0.3 is 10.6 Å². The number of amides is 1. The van der Waals surface area contributed by atoms with E-state index in [1.165, 1.54) is 0 Å². The molecule has 1 aliphatic rings. The van der Waals surface area contributed by atoms with Gasteiger partial charge in [-0.3, -0.25) is 4.79 Å². The maximum Gasteiger partial charge on any atom is 0.235 e. The molecule has 0 aromatic rings. The number of likely N-dealkylation sites (tertiary alicyclic amines) is 1. The fourth-order valence-electron chi connectivity index (χ4n) is 2.43. The topological polar surface area (TPSA) is 46.3 Å². The van der Waals surface area contributed by atoms with E-state index in [0.717, 1.165) is 19.5 Å². The highest BCUT2D eigenvalue weighted by Crippen LogP contribution is 2.31. The third kappa shape index (κ3) is 2.21. The first-order valence-corrected chi connectivity index (χ1v) is 6.48. The molecule has 1 atom stereocenters. The summed E-state index contributed by atoms with van der Waals surface area (Å²) in [4.78, 5) is 14.8. The molecule has 1 fully saturated rings. The van der Waals surface area contributed by atoms with Crippen LogP contribution in [-0.2, 0) is 4.79 Å². The molecule has 1 amide bonds. The van der Waals surface area contributed by atoms with Gasteiger partial charge in [0.15, 0.2) is 0 Å². The normalized spacial score (nSPS) is 21.2. The van der Waals surface area contributed by atoms with Gasteiger partial charge in [-0.15, -0.1) is 0 Å². The Morgan fingerprint density at radius 1 is 1.50 bits per heavy atom. The summed E-state index contributed by atoms with van der Waals surface area (Å²) in [5, 5.41) is 0. The Bertz CT molecular complexity index is 287. The summed E-state index contributed by atoms with van der Waals surface area (Å²) < 4.78 is 0. The fraction of sp³-hybridized carbons (Fsp3) is 0.833. The van der Waals surface area contributed by atoms with Gasteiger partial charge in [-0.1, -0.05) is 33.0 Å². The number of carbonyl (C=O) groups excluding carboxylic acids is 1. The molecular formula is C12H22N2OS. The number of carbonyl (C=O) groups is 1. The number of nitrogens with two attached hydrogens (primary N) is 1. The van der Waals surface area contributed by atoms with Crippen LogP contribution >= 0.6 is 12.2 Å². The molecule has 1 aliphatic heterocycles. The SMILES string of the molecule is CCC(CC)(C(=O)N1CCC(C)C1)C(N)=S. The van der Waals surface area contributed by atoms with Crippen LogP contribution in [0.25, 0.3) is 0 Å². The summed E-state index contributed by atoms with van der Waals surface area (Å²) in [5.74, 6) is 0.732. The molecule has 0 saturated carbocycles. The molecule has 1 rings (SSSR count). The average Bonchev–Trinajstić information content (AvgIpc) is 2.66. The highest BCUT2D eigenvalue weighted by molar-refractivity contribution is 7.80. The monoisotopic (exact) mass is 242 g/mol. The van der Waals surface area contributed by atoms with Gasteiger partial charge in [0.25, 0.3) is 0 Å². The lowest BCUT2D eigenvalue weighted by atomic mass is 9.81. The van der Waals surface area contributed by atoms with E-state index < -0.39 is 5.41 Å². The van der Waals surface area contributed by atoms with Crippen molar-refractivity contribution >= 4 is 23.1 Å². The molecule has 0 aromatic carbocycles. The van der Waals surface area contributed by atoms with E-state index in [1.54, 1.807) is 0 Å². The molecule has 0 radical (unpaired) electrons. The Kier molecular flexibility index (Phi) is 4.30. The highest BCUT2D eigenvalue weighted by Gasteiger charge is 2.42. The Labute approximate surface area is 103 Å². The standard InChI is InChI=1S/C12H22N2OS/c1-4-12(5-2,10(13)16)11(15)14-7-6-9(3)8-14/h9H,4-8H2,1-3H3,(H2,13,16). The van der Waals surface area contributed by atoms with Crippen LogP contribution in [-0.4, -0.2) is 28.9 Å². The molecule has 0 bridgehead atoms. The largest absolute Gasteiger partial charge is 0.392 e. The lowest BCUT2D eigenvalue weighted by Gasteiger charge is -2.33. The molecule has 1 unspecified atom stereocenters. The summed E-state index contributed by atoms with van der Waals surface area (Å²) in [6, 6.07) is 0. The van der Waals surface area contributed by atoms with Crippen LogP contribution in [0.1, 0.15) is 40.0 Å². The van der Waals surface area contributed by atoms with Gasteiger partial charge in [-0.05, 0) is 25.2 Å². The maximum atomic E-state index is 12.5. The van der Waals surface area contributed by atoms with E-state index in [0.29, 0.717) is 23.7 Å². The number of nitrogens with zero attached hydrogens (tertiary/aromatic N) is 1. The second kappa shape index (κ2) is 5.13. The van der Waals surface area contributed by atoms with Gasteiger partial charge in [-0.2, -0.15) is 0 Å². The summed E-state index contributed by atoms with van der Waals surface area (Å²) in [7, 11) is 0. The van der Waals surface area contributed by atoms with Crippen LogP contribution in [0, 0.1) is 11.3 Å². The Balaban J connectivity index is 2.87. The first kappa shape index (κ1) is 13.4. The lowest BCUT2D eigenvalue weighted by molar-refractivity contribution is -0.137. The van der Waals surface area contributed by atoms with Crippen molar-refractivity contribution in [3.63, 3.8) is 0 Å². The van der Waals surface area contributed by atoms with Crippen LogP contribution in [0.2, 0.25) is 0 Å². The van der Waals surface area contributed by atoms with Gasteiger partial charge in [-0.25, -0.2) is 0 Å². The molecule has 92 valence electrons. The van der Waals surface area contributed by atoms with Crippen molar-refractivity contribution in [1.82, 2.24) is 4.90 Å². The zero-order valence-electron chi connectivity index (χ0n) is 10.5. The fourth-order valence-corrected chi connectivity index (χ4v) is 2.80. The van der Waals surface area contributed by atoms with E-state index in [9.17, 15) is 4.79 Å². The number of thiocarbonyl (C=S) groups is 1. The van der Waals surface area contributed by atoms with Gasteiger partial charge >= 0.3 is 0 Å². The predicted molar refractivity (Wildman–Crippen MR) is 70.2 cm³/mol.